The van der Waals surface area contributed by atoms with Crippen molar-refractivity contribution in [1.29, 1.82) is 0 Å². The predicted molar refractivity (Wildman–Crippen MR) is 79.5 cm³/mol. The Morgan fingerprint density at radius 2 is 1.82 bits per heavy atom. The number of nitrogens with zero attached hydrogens (tertiary/aromatic N) is 2. The van der Waals surface area contributed by atoms with Crippen molar-refractivity contribution in [3.63, 3.8) is 0 Å². The Hall–Kier alpha value is -2.09. The van der Waals surface area contributed by atoms with Crippen molar-refractivity contribution < 1.29 is 17.2 Å². The van der Waals surface area contributed by atoms with Gasteiger partial charge in [0.15, 0.2) is 0 Å². The van der Waals surface area contributed by atoms with Crippen molar-refractivity contribution in [3.05, 3.63) is 54.0 Å². The summed E-state index contributed by atoms with van der Waals surface area (Å²) in [5, 5.41) is 2.92. The van der Waals surface area contributed by atoms with E-state index < -0.39 is 28.0 Å². The number of hydrogen-bond donors (Lipinski definition) is 1. The number of alkyl halides is 2. The molecule has 0 aliphatic rings. The van der Waals surface area contributed by atoms with Gasteiger partial charge in [0, 0.05) is 6.26 Å². The van der Waals surface area contributed by atoms with Crippen molar-refractivity contribution in [2.75, 3.05) is 17.3 Å². The van der Waals surface area contributed by atoms with Crippen LogP contribution in [0.2, 0.25) is 0 Å². The van der Waals surface area contributed by atoms with Crippen molar-refractivity contribution in [3.8, 4) is 0 Å². The number of halogens is 2. The van der Waals surface area contributed by atoms with Gasteiger partial charge in [0.2, 0.25) is 0 Å². The highest BCUT2D eigenvalue weighted by Crippen LogP contribution is 2.21. The van der Waals surface area contributed by atoms with E-state index in [0.717, 1.165) is 18.0 Å². The highest BCUT2D eigenvalue weighted by Gasteiger charge is 2.18. The molecule has 22 heavy (non-hydrogen) atoms. The Kier molecular flexibility index (Phi) is 5.02. The van der Waals surface area contributed by atoms with E-state index in [4.69, 9.17) is 0 Å². The van der Waals surface area contributed by atoms with E-state index >= 15 is 0 Å². The second kappa shape index (κ2) is 6.78. The highest BCUT2D eigenvalue weighted by molar-refractivity contribution is 7.90. The lowest BCUT2D eigenvalue weighted by Gasteiger charge is -2.18. The Morgan fingerprint density at radius 3 is 2.32 bits per heavy atom. The first-order valence-electron chi connectivity index (χ1n) is 6.44. The zero-order chi connectivity index (χ0) is 16.2. The first-order valence-corrected chi connectivity index (χ1v) is 8.50. The van der Waals surface area contributed by atoms with E-state index in [1.54, 1.807) is 24.3 Å². The summed E-state index contributed by atoms with van der Waals surface area (Å²) in [5.74, 6) is 0.0943. The minimum Gasteiger partial charge on any atom is -0.361 e. The van der Waals surface area contributed by atoms with E-state index in [-0.39, 0.29) is 11.6 Å². The normalized spacial score (nSPS) is 13.1. The van der Waals surface area contributed by atoms with Gasteiger partial charge in [0.25, 0.3) is 6.43 Å². The van der Waals surface area contributed by atoms with Crippen LogP contribution in [0.5, 0.6) is 0 Å². The Morgan fingerprint density at radius 1 is 1.14 bits per heavy atom. The third kappa shape index (κ3) is 4.73. The largest absolute Gasteiger partial charge is 0.361 e. The van der Waals surface area contributed by atoms with Gasteiger partial charge < -0.3 is 5.32 Å². The van der Waals surface area contributed by atoms with E-state index in [1.165, 1.54) is 6.20 Å². The van der Waals surface area contributed by atoms with Gasteiger partial charge in [-0.2, -0.15) is 0 Å². The van der Waals surface area contributed by atoms with Gasteiger partial charge in [-0.3, -0.25) is 0 Å². The fourth-order valence-electron chi connectivity index (χ4n) is 1.91. The molecule has 0 aliphatic carbocycles. The fraction of sp³-hybridized carbons (Fsp3) is 0.286. The minimum absolute atomic E-state index is 0.144. The number of sulfone groups is 1. The van der Waals surface area contributed by atoms with Crippen LogP contribution in [-0.4, -0.2) is 30.4 Å². The maximum atomic E-state index is 12.4. The number of rotatable bonds is 6. The average Bonchev–Trinajstić information content (AvgIpc) is 2.47. The lowest BCUT2D eigenvalue weighted by molar-refractivity contribution is 0.145. The maximum Gasteiger partial charge on any atom is 0.281 e. The third-order valence-electron chi connectivity index (χ3n) is 2.89. The smallest absolute Gasteiger partial charge is 0.281 e. The Bertz CT molecular complexity index is 707. The summed E-state index contributed by atoms with van der Waals surface area (Å²) < 4.78 is 48.0. The molecule has 0 spiro atoms. The molecule has 0 amide bonds. The van der Waals surface area contributed by atoms with E-state index in [1.807, 2.05) is 6.07 Å². The SMILES string of the molecule is CS(=O)(=O)CC(Nc1cnc(C(F)F)cn1)c1ccccc1. The molecule has 2 rings (SSSR count). The monoisotopic (exact) mass is 327 g/mol. The molecule has 0 saturated carbocycles. The number of aromatic nitrogens is 2. The van der Waals surface area contributed by atoms with Gasteiger partial charge >= 0.3 is 0 Å². The Balaban J connectivity index is 2.23. The van der Waals surface area contributed by atoms with Crippen LogP contribution in [0.25, 0.3) is 0 Å². The first-order chi connectivity index (χ1) is 10.3. The van der Waals surface area contributed by atoms with Crippen LogP contribution in [-0.2, 0) is 9.84 Å². The topological polar surface area (TPSA) is 72.0 Å². The number of nitrogens with one attached hydrogen (secondary N) is 1. The van der Waals surface area contributed by atoms with Gasteiger partial charge in [0.1, 0.15) is 21.3 Å². The zero-order valence-corrected chi connectivity index (χ0v) is 12.6. The fourth-order valence-corrected chi connectivity index (χ4v) is 2.79. The van der Waals surface area contributed by atoms with E-state index in [9.17, 15) is 17.2 Å². The molecule has 0 bridgehead atoms. The molecule has 2 aromatic rings. The van der Waals surface area contributed by atoms with Gasteiger partial charge in [-0.15, -0.1) is 0 Å². The van der Waals surface area contributed by atoms with Crippen LogP contribution in [0.3, 0.4) is 0 Å². The molecule has 8 heteroatoms. The molecule has 0 fully saturated rings. The van der Waals surface area contributed by atoms with Crippen LogP contribution in [0, 0.1) is 0 Å². The number of benzene rings is 1. The van der Waals surface area contributed by atoms with Gasteiger partial charge in [-0.25, -0.2) is 27.2 Å². The molecule has 0 radical (unpaired) electrons. The summed E-state index contributed by atoms with van der Waals surface area (Å²) in [5.41, 5.74) is 0.331. The third-order valence-corrected chi connectivity index (χ3v) is 3.83. The molecular weight excluding hydrogens is 312 g/mol. The molecule has 1 N–H and O–H groups in total. The summed E-state index contributed by atoms with van der Waals surface area (Å²) in [6, 6.07) is 8.42. The molecule has 1 aromatic carbocycles. The molecule has 5 nitrogen and oxygen atoms in total. The van der Waals surface area contributed by atoms with Gasteiger partial charge in [0.05, 0.1) is 24.2 Å². The molecule has 1 unspecified atom stereocenters. The second-order valence-electron chi connectivity index (χ2n) is 4.83. The molecule has 118 valence electrons. The standard InChI is InChI=1S/C14H15F2N3O2S/c1-22(20,21)9-12(10-5-3-2-4-6-10)19-13-8-17-11(7-18-13)14(15)16/h2-8,12,14H,9H2,1H3,(H,18,19). The lowest BCUT2D eigenvalue weighted by Crippen LogP contribution is -2.21. The lowest BCUT2D eigenvalue weighted by atomic mass is 10.1. The Labute approximate surface area is 127 Å². The van der Waals surface area contributed by atoms with E-state index in [2.05, 4.69) is 15.3 Å². The zero-order valence-electron chi connectivity index (χ0n) is 11.8. The maximum absolute atomic E-state index is 12.4. The second-order valence-corrected chi connectivity index (χ2v) is 7.01. The summed E-state index contributed by atoms with van der Waals surface area (Å²) in [6.07, 6.45) is 0.577. The van der Waals surface area contributed by atoms with E-state index in [0.29, 0.717) is 0 Å². The number of hydrogen-bond acceptors (Lipinski definition) is 5. The molecule has 1 aromatic heterocycles. The van der Waals surface area contributed by atoms with Gasteiger partial charge in [-0.05, 0) is 5.56 Å². The van der Waals surface area contributed by atoms with Crippen LogP contribution in [0.1, 0.15) is 23.7 Å². The van der Waals surface area contributed by atoms with Crippen molar-refractivity contribution >= 4 is 15.7 Å². The quantitative estimate of drug-likeness (QED) is 0.883. The molecule has 0 saturated heterocycles. The van der Waals surface area contributed by atoms with Gasteiger partial charge in [-0.1, -0.05) is 30.3 Å². The van der Waals surface area contributed by atoms with Crippen molar-refractivity contribution in [2.24, 2.45) is 0 Å². The highest BCUT2D eigenvalue weighted by atomic mass is 32.2. The predicted octanol–water partition coefficient (Wildman–Crippen LogP) is 2.61. The first kappa shape index (κ1) is 16.3. The summed E-state index contributed by atoms with van der Waals surface area (Å²) in [7, 11) is -3.24. The number of anilines is 1. The molecule has 1 atom stereocenters. The van der Waals surface area contributed by atoms with Crippen LogP contribution in [0.4, 0.5) is 14.6 Å². The average molecular weight is 327 g/mol. The van der Waals surface area contributed by atoms with Crippen LogP contribution in [0.15, 0.2) is 42.7 Å². The summed E-state index contributed by atoms with van der Waals surface area (Å²) >= 11 is 0. The molecule has 0 aliphatic heterocycles. The summed E-state index contributed by atoms with van der Waals surface area (Å²) in [4.78, 5) is 7.44. The van der Waals surface area contributed by atoms with Crippen molar-refractivity contribution in [2.45, 2.75) is 12.5 Å². The summed E-state index contributed by atoms with van der Waals surface area (Å²) in [6.45, 7) is 0. The van der Waals surface area contributed by atoms with Crippen molar-refractivity contribution in [1.82, 2.24) is 9.97 Å². The molecule has 1 heterocycles. The molecular formula is C14H15F2N3O2S. The minimum atomic E-state index is -3.24. The van der Waals surface area contributed by atoms with Crippen LogP contribution >= 0.6 is 0 Å². The van der Waals surface area contributed by atoms with Crippen LogP contribution < -0.4 is 5.32 Å².